The Kier molecular flexibility index (Phi) is 23.9. The highest BCUT2D eigenvalue weighted by Crippen LogP contribution is 2.44. The van der Waals surface area contributed by atoms with Gasteiger partial charge >= 0.3 is 7.82 Å². The Hall–Kier alpha value is -0.260. The SMILES string of the molecule is CCCCCCCCCCCCCCCCC(COP(=O)(O)OCCCN(C)C)CC(=O)CCC. The lowest BCUT2D eigenvalue weighted by atomic mass is 9.94. The average molecular weight is 520 g/mol. The van der Waals surface area contributed by atoms with Gasteiger partial charge < -0.3 is 9.79 Å². The Morgan fingerprint density at radius 3 is 1.77 bits per heavy atom. The highest BCUT2D eigenvalue weighted by molar-refractivity contribution is 7.47. The minimum atomic E-state index is -4.07. The molecule has 0 aliphatic heterocycles. The van der Waals surface area contributed by atoms with Gasteiger partial charge in [0.1, 0.15) is 5.78 Å². The van der Waals surface area contributed by atoms with Crippen molar-refractivity contribution in [1.82, 2.24) is 4.90 Å². The number of nitrogens with zero attached hydrogens (tertiary/aromatic N) is 1. The topological polar surface area (TPSA) is 76.1 Å². The number of Topliss-reactive ketones (excluding diaryl/α,β-unsaturated/α-hetero) is 1. The summed E-state index contributed by atoms with van der Waals surface area (Å²) in [6.07, 6.45) is 21.7. The van der Waals surface area contributed by atoms with Crippen molar-refractivity contribution in [3.05, 3.63) is 0 Å². The molecule has 0 saturated heterocycles. The van der Waals surface area contributed by atoms with Crippen molar-refractivity contribution in [2.45, 2.75) is 136 Å². The van der Waals surface area contributed by atoms with Gasteiger partial charge in [-0.3, -0.25) is 13.8 Å². The summed E-state index contributed by atoms with van der Waals surface area (Å²) in [5.41, 5.74) is 0. The van der Waals surface area contributed by atoms with Crippen LogP contribution >= 0.6 is 7.82 Å². The van der Waals surface area contributed by atoms with E-state index in [1.54, 1.807) is 0 Å². The Morgan fingerprint density at radius 1 is 0.771 bits per heavy atom. The quantitative estimate of drug-likeness (QED) is 0.0868. The molecule has 35 heavy (non-hydrogen) atoms. The molecule has 2 atom stereocenters. The van der Waals surface area contributed by atoms with Crippen molar-refractivity contribution in [3.63, 3.8) is 0 Å². The van der Waals surface area contributed by atoms with Crippen LogP contribution in [0.3, 0.4) is 0 Å². The van der Waals surface area contributed by atoms with Crippen molar-refractivity contribution in [2.75, 3.05) is 33.9 Å². The summed E-state index contributed by atoms with van der Waals surface area (Å²) < 4.78 is 22.5. The monoisotopic (exact) mass is 519 g/mol. The van der Waals surface area contributed by atoms with E-state index in [4.69, 9.17) is 9.05 Å². The van der Waals surface area contributed by atoms with E-state index in [0.29, 0.717) is 19.3 Å². The summed E-state index contributed by atoms with van der Waals surface area (Å²) in [7, 11) is -0.171. The van der Waals surface area contributed by atoms with Crippen molar-refractivity contribution < 1.29 is 23.3 Å². The van der Waals surface area contributed by atoms with Gasteiger partial charge in [0.05, 0.1) is 13.2 Å². The maximum absolute atomic E-state index is 12.2. The fourth-order valence-corrected chi connectivity index (χ4v) is 5.21. The van der Waals surface area contributed by atoms with Gasteiger partial charge in [0.25, 0.3) is 0 Å². The minimum absolute atomic E-state index is 0.0165. The molecule has 0 aliphatic carbocycles. The largest absolute Gasteiger partial charge is 0.472 e. The minimum Gasteiger partial charge on any atom is -0.309 e. The zero-order valence-electron chi connectivity index (χ0n) is 23.6. The van der Waals surface area contributed by atoms with E-state index in [1.807, 2.05) is 25.9 Å². The standard InChI is InChI=1S/C28H58NO5P/c1-5-7-8-9-10-11-12-13-14-15-16-17-18-19-22-27(25-28(30)21-6-2)26-34-35(31,32)33-24-20-23-29(3)4/h27H,5-26H2,1-4H3,(H,31,32). The molecule has 7 heteroatoms. The Labute approximate surface area is 217 Å². The van der Waals surface area contributed by atoms with Crippen molar-refractivity contribution in [1.29, 1.82) is 0 Å². The van der Waals surface area contributed by atoms with Gasteiger partial charge in [-0.2, -0.15) is 0 Å². The third-order valence-electron chi connectivity index (χ3n) is 6.49. The number of hydrogen-bond donors (Lipinski definition) is 1. The summed E-state index contributed by atoms with van der Waals surface area (Å²) in [4.78, 5) is 24.1. The first kappa shape index (κ1) is 34.7. The van der Waals surface area contributed by atoms with Gasteiger partial charge in [-0.25, -0.2) is 4.57 Å². The summed E-state index contributed by atoms with van der Waals surface area (Å²) in [6.45, 7) is 5.34. The van der Waals surface area contributed by atoms with E-state index in [-0.39, 0.29) is 24.9 Å². The van der Waals surface area contributed by atoms with Crippen LogP contribution in [0.15, 0.2) is 0 Å². The smallest absolute Gasteiger partial charge is 0.309 e. The fourth-order valence-electron chi connectivity index (χ4n) is 4.37. The zero-order chi connectivity index (χ0) is 26.2. The molecule has 0 radical (unpaired) electrons. The highest BCUT2D eigenvalue weighted by Gasteiger charge is 2.24. The first-order chi connectivity index (χ1) is 16.8. The molecule has 0 rings (SSSR count). The predicted octanol–water partition coefficient (Wildman–Crippen LogP) is 8.32. The third-order valence-corrected chi connectivity index (χ3v) is 7.47. The first-order valence-electron chi connectivity index (χ1n) is 14.6. The fraction of sp³-hybridized carbons (Fsp3) is 0.964. The van der Waals surface area contributed by atoms with Crippen LogP contribution in [0.5, 0.6) is 0 Å². The van der Waals surface area contributed by atoms with Gasteiger partial charge in [0.15, 0.2) is 0 Å². The number of carbonyl (C=O) groups is 1. The molecule has 2 unspecified atom stereocenters. The van der Waals surface area contributed by atoms with E-state index in [2.05, 4.69) is 6.92 Å². The lowest BCUT2D eigenvalue weighted by Gasteiger charge is -2.19. The zero-order valence-corrected chi connectivity index (χ0v) is 24.5. The van der Waals surface area contributed by atoms with E-state index in [1.165, 1.54) is 77.0 Å². The molecule has 0 saturated carbocycles. The normalized spacial score (nSPS) is 14.3. The van der Waals surface area contributed by atoms with Crippen LogP contribution in [-0.2, 0) is 18.4 Å². The van der Waals surface area contributed by atoms with E-state index >= 15 is 0 Å². The lowest BCUT2D eigenvalue weighted by Crippen LogP contribution is -2.16. The number of carbonyl (C=O) groups excluding carboxylic acids is 1. The molecule has 0 aromatic heterocycles. The Bertz CT molecular complexity index is 529. The molecule has 0 spiro atoms. The van der Waals surface area contributed by atoms with Crippen LogP contribution in [-0.4, -0.2) is 49.4 Å². The number of phosphoric acid groups is 1. The molecule has 1 N–H and O–H groups in total. The lowest BCUT2D eigenvalue weighted by molar-refractivity contribution is -0.120. The van der Waals surface area contributed by atoms with Gasteiger partial charge in [-0.15, -0.1) is 0 Å². The van der Waals surface area contributed by atoms with Crippen LogP contribution in [0.2, 0.25) is 0 Å². The summed E-state index contributed by atoms with van der Waals surface area (Å²) >= 11 is 0. The van der Waals surface area contributed by atoms with Crippen LogP contribution < -0.4 is 0 Å². The molecule has 0 heterocycles. The van der Waals surface area contributed by atoms with Crippen LogP contribution in [0.1, 0.15) is 136 Å². The second-order valence-electron chi connectivity index (χ2n) is 10.5. The summed E-state index contributed by atoms with van der Waals surface area (Å²) in [6, 6.07) is 0. The maximum Gasteiger partial charge on any atom is 0.472 e. The van der Waals surface area contributed by atoms with E-state index in [9.17, 15) is 14.3 Å². The van der Waals surface area contributed by atoms with E-state index < -0.39 is 7.82 Å². The van der Waals surface area contributed by atoms with E-state index in [0.717, 1.165) is 32.2 Å². The maximum atomic E-state index is 12.2. The first-order valence-corrected chi connectivity index (χ1v) is 16.1. The predicted molar refractivity (Wildman–Crippen MR) is 148 cm³/mol. The Morgan fingerprint density at radius 2 is 1.29 bits per heavy atom. The molecule has 0 fully saturated rings. The van der Waals surface area contributed by atoms with Crippen LogP contribution in [0.25, 0.3) is 0 Å². The third kappa shape index (κ3) is 25.2. The number of ketones is 1. The molecule has 0 aromatic carbocycles. The van der Waals surface area contributed by atoms with Crippen LogP contribution in [0, 0.1) is 5.92 Å². The van der Waals surface area contributed by atoms with Crippen molar-refractivity contribution in [3.8, 4) is 0 Å². The van der Waals surface area contributed by atoms with Gasteiger partial charge in [-0.05, 0) is 45.8 Å². The van der Waals surface area contributed by atoms with Gasteiger partial charge in [0, 0.05) is 12.8 Å². The van der Waals surface area contributed by atoms with Gasteiger partial charge in [-0.1, -0.05) is 104 Å². The molecule has 6 nitrogen and oxygen atoms in total. The molecule has 0 bridgehead atoms. The summed E-state index contributed by atoms with van der Waals surface area (Å²) in [5, 5.41) is 0. The summed E-state index contributed by atoms with van der Waals surface area (Å²) in [5.74, 6) is 0.198. The number of hydrogen-bond acceptors (Lipinski definition) is 5. The van der Waals surface area contributed by atoms with Crippen molar-refractivity contribution >= 4 is 13.6 Å². The molecule has 0 aromatic rings. The van der Waals surface area contributed by atoms with Gasteiger partial charge in [0.2, 0.25) is 0 Å². The van der Waals surface area contributed by atoms with Crippen LogP contribution in [0.4, 0.5) is 0 Å². The Balaban J connectivity index is 4.00. The number of rotatable bonds is 27. The molecule has 0 aliphatic rings. The average Bonchev–Trinajstić information content (AvgIpc) is 2.80. The molecular formula is C28H58NO5P. The molecular weight excluding hydrogens is 461 g/mol. The molecule has 210 valence electrons. The highest BCUT2D eigenvalue weighted by atomic mass is 31.2. The van der Waals surface area contributed by atoms with Crippen molar-refractivity contribution in [2.24, 2.45) is 5.92 Å². The number of phosphoric ester groups is 1. The number of unbranched alkanes of at least 4 members (excludes halogenated alkanes) is 13. The second-order valence-corrected chi connectivity index (χ2v) is 12.0. The second kappa shape index (κ2) is 24.1. The molecule has 0 amide bonds.